The first-order valence-corrected chi connectivity index (χ1v) is 18.3. The van der Waals surface area contributed by atoms with Crippen LogP contribution in [0, 0.1) is 0 Å². The van der Waals surface area contributed by atoms with Crippen molar-refractivity contribution in [2.45, 2.75) is 0 Å². The van der Waals surface area contributed by atoms with Crippen LogP contribution in [-0.2, 0) is 0 Å². The fourth-order valence-electron chi connectivity index (χ4n) is 8.28. The molecule has 0 aliphatic rings. The molecule has 2 nitrogen and oxygen atoms in total. The second-order valence-electron chi connectivity index (χ2n) is 13.3. The molecule has 3 heterocycles. The Morgan fingerprint density at radius 3 is 1.65 bits per heavy atom. The molecule has 0 amide bonds. The van der Waals surface area contributed by atoms with Crippen LogP contribution in [0.5, 0.6) is 0 Å². The Bertz CT molecular complexity index is 3090. The molecular weight excluding hydrogens is 637 g/mol. The van der Waals surface area contributed by atoms with Crippen molar-refractivity contribution in [1.29, 1.82) is 0 Å². The van der Waals surface area contributed by atoms with E-state index in [4.69, 9.17) is 0 Å². The summed E-state index contributed by atoms with van der Waals surface area (Å²) < 4.78 is 7.54. The van der Waals surface area contributed by atoms with Crippen molar-refractivity contribution < 1.29 is 0 Å². The third-order valence-corrected chi connectivity index (χ3v) is 11.7. The summed E-state index contributed by atoms with van der Waals surface area (Å²) in [5, 5.41) is 7.64. The summed E-state index contributed by atoms with van der Waals surface area (Å²) in [5.74, 6) is 0. The quantitative estimate of drug-likeness (QED) is 0.177. The second-order valence-corrected chi connectivity index (χ2v) is 14.4. The Hall–Kier alpha value is -6.42. The van der Waals surface area contributed by atoms with E-state index < -0.39 is 0 Å². The molecule has 0 saturated carbocycles. The Kier molecular flexibility index (Phi) is 6.16. The summed E-state index contributed by atoms with van der Waals surface area (Å²) in [4.78, 5) is 0. The van der Waals surface area contributed by atoms with E-state index in [9.17, 15) is 0 Å². The first-order valence-electron chi connectivity index (χ1n) is 17.4. The van der Waals surface area contributed by atoms with Gasteiger partial charge in [0, 0.05) is 47.4 Å². The molecule has 0 aliphatic carbocycles. The molecule has 0 N–H and O–H groups in total. The van der Waals surface area contributed by atoms with Crippen molar-refractivity contribution in [3.8, 4) is 33.6 Å². The number of hydrogen-bond acceptors (Lipinski definition) is 1. The van der Waals surface area contributed by atoms with Crippen LogP contribution in [0.25, 0.3) is 97.4 Å². The summed E-state index contributed by atoms with van der Waals surface area (Å²) in [6.07, 6.45) is 0. The Morgan fingerprint density at radius 1 is 0.353 bits per heavy atom. The predicted molar refractivity (Wildman–Crippen MR) is 219 cm³/mol. The van der Waals surface area contributed by atoms with Crippen LogP contribution in [0.2, 0.25) is 0 Å². The molecule has 0 fully saturated rings. The summed E-state index contributed by atoms with van der Waals surface area (Å²) in [6.45, 7) is 0. The van der Waals surface area contributed by atoms with Crippen LogP contribution in [0.3, 0.4) is 0 Å². The molecule has 11 rings (SSSR count). The average Bonchev–Trinajstić information content (AvgIpc) is 3.86. The normalized spacial score (nSPS) is 11.9. The van der Waals surface area contributed by atoms with Gasteiger partial charge in [-0.15, -0.1) is 11.3 Å². The van der Waals surface area contributed by atoms with Gasteiger partial charge in [0.25, 0.3) is 0 Å². The van der Waals surface area contributed by atoms with Gasteiger partial charge in [0.05, 0.1) is 27.8 Å². The number of aromatic nitrogens is 2. The van der Waals surface area contributed by atoms with E-state index in [-0.39, 0.29) is 0 Å². The SMILES string of the molecule is c1ccc(-c2cccc(-c3ccc(-n4c5ccccc5c5ccc(-n6c7ccccc7c7ccccc76)cc54)c4c3sc3ccccc34)c2)cc1. The highest BCUT2D eigenvalue weighted by molar-refractivity contribution is 7.26. The van der Waals surface area contributed by atoms with Crippen LogP contribution in [0.1, 0.15) is 0 Å². The lowest BCUT2D eigenvalue weighted by Crippen LogP contribution is -1.98. The smallest absolute Gasteiger partial charge is 0.0562 e. The fraction of sp³-hybridized carbons (Fsp3) is 0. The molecule has 0 spiro atoms. The van der Waals surface area contributed by atoms with Crippen LogP contribution in [0.4, 0.5) is 0 Å². The third kappa shape index (κ3) is 4.22. The number of hydrogen-bond donors (Lipinski definition) is 0. The molecule has 0 atom stereocenters. The standard InChI is InChI=1S/C48H30N2S/c1-2-13-31(14-3-1)32-15-12-16-33(29-32)35-27-28-44(47-40-20-7-11-24-46(40)51-48(35)47)50-43-23-10-6-19-38(43)39-26-25-34(30-45(39)50)49-41-21-8-4-17-36(41)37-18-5-9-22-42(37)49/h1-30H. The fourth-order valence-corrected chi connectivity index (χ4v) is 9.54. The minimum absolute atomic E-state index is 1.16. The molecule has 0 saturated heterocycles. The number of benzene rings is 8. The summed E-state index contributed by atoms with van der Waals surface area (Å²) in [7, 11) is 0. The molecule has 0 radical (unpaired) electrons. The first kappa shape index (κ1) is 28.4. The summed E-state index contributed by atoms with van der Waals surface area (Å²) in [5.41, 5.74) is 12.2. The zero-order valence-corrected chi connectivity index (χ0v) is 28.4. The molecule has 11 aromatic rings. The zero-order valence-electron chi connectivity index (χ0n) is 27.6. The number of nitrogens with zero attached hydrogens (tertiary/aromatic N) is 2. The van der Waals surface area contributed by atoms with Gasteiger partial charge in [-0.05, 0) is 70.8 Å². The highest BCUT2D eigenvalue weighted by atomic mass is 32.1. The van der Waals surface area contributed by atoms with Gasteiger partial charge < -0.3 is 9.13 Å². The van der Waals surface area contributed by atoms with E-state index in [0.717, 1.165) is 5.69 Å². The molecule has 238 valence electrons. The van der Waals surface area contributed by atoms with Gasteiger partial charge in [-0.25, -0.2) is 0 Å². The van der Waals surface area contributed by atoms with E-state index in [0.29, 0.717) is 0 Å². The van der Waals surface area contributed by atoms with Crippen LogP contribution >= 0.6 is 11.3 Å². The molecular formula is C48H30N2S. The van der Waals surface area contributed by atoms with Gasteiger partial charge in [-0.3, -0.25) is 0 Å². The lowest BCUT2D eigenvalue weighted by molar-refractivity contribution is 1.16. The van der Waals surface area contributed by atoms with Gasteiger partial charge in [0.1, 0.15) is 0 Å². The summed E-state index contributed by atoms with van der Waals surface area (Å²) in [6, 6.07) is 66.6. The molecule has 0 aliphatic heterocycles. The molecule has 51 heavy (non-hydrogen) atoms. The van der Waals surface area contributed by atoms with E-state index in [1.54, 1.807) is 0 Å². The highest BCUT2D eigenvalue weighted by Crippen LogP contribution is 2.46. The van der Waals surface area contributed by atoms with Gasteiger partial charge in [0.2, 0.25) is 0 Å². The van der Waals surface area contributed by atoms with Crippen molar-refractivity contribution in [2.24, 2.45) is 0 Å². The van der Waals surface area contributed by atoms with Crippen molar-refractivity contribution >= 4 is 75.1 Å². The van der Waals surface area contributed by atoms with E-state index in [1.807, 2.05) is 11.3 Å². The highest BCUT2D eigenvalue weighted by Gasteiger charge is 2.21. The van der Waals surface area contributed by atoms with Crippen LogP contribution in [-0.4, -0.2) is 9.13 Å². The molecule has 8 aromatic carbocycles. The maximum absolute atomic E-state index is 2.51. The number of para-hydroxylation sites is 3. The van der Waals surface area contributed by atoms with E-state index in [1.165, 1.54) is 91.7 Å². The monoisotopic (exact) mass is 666 g/mol. The Balaban J connectivity index is 1.21. The first-order chi connectivity index (χ1) is 25.3. The molecule has 0 bridgehead atoms. The topological polar surface area (TPSA) is 9.86 Å². The van der Waals surface area contributed by atoms with Crippen molar-refractivity contribution in [3.05, 3.63) is 182 Å². The van der Waals surface area contributed by atoms with Crippen molar-refractivity contribution in [3.63, 3.8) is 0 Å². The van der Waals surface area contributed by atoms with Gasteiger partial charge in [-0.1, -0.05) is 133 Å². The number of rotatable bonds is 4. The molecule has 3 aromatic heterocycles. The van der Waals surface area contributed by atoms with Crippen LogP contribution in [0.15, 0.2) is 182 Å². The third-order valence-electron chi connectivity index (χ3n) is 10.5. The predicted octanol–water partition coefficient (Wildman–Crippen LogP) is 13.6. The number of fused-ring (bicyclic) bond motifs is 9. The molecule has 0 unspecified atom stereocenters. The second kappa shape index (κ2) is 11.0. The van der Waals surface area contributed by atoms with E-state index >= 15 is 0 Å². The maximum Gasteiger partial charge on any atom is 0.0562 e. The lowest BCUT2D eigenvalue weighted by atomic mass is 9.97. The average molecular weight is 667 g/mol. The van der Waals surface area contributed by atoms with Crippen molar-refractivity contribution in [1.82, 2.24) is 9.13 Å². The number of thiophene rings is 1. The van der Waals surface area contributed by atoms with Gasteiger partial charge in [0.15, 0.2) is 0 Å². The Labute approximate surface area is 298 Å². The minimum Gasteiger partial charge on any atom is -0.309 e. The zero-order chi connectivity index (χ0) is 33.5. The van der Waals surface area contributed by atoms with Crippen LogP contribution < -0.4 is 0 Å². The van der Waals surface area contributed by atoms with Crippen molar-refractivity contribution in [2.75, 3.05) is 0 Å². The maximum atomic E-state index is 2.51. The summed E-state index contributed by atoms with van der Waals surface area (Å²) >= 11 is 1.89. The van der Waals surface area contributed by atoms with Gasteiger partial charge in [-0.2, -0.15) is 0 Å². The minimum atomic E-state index is 1.16. The van der Waals surface area contributed by atoms with Gasteiger partial charge >= 0.3 is 0 Å². The Morgan fingerprint density at radius 2 is 0.922 bits per heavy atom. The lowest BCUT2D eigenvalue weighted by Gasteiger charge is -2.14. The largest absolute Gasteiger partial charge is 0.309 e. The van der Waals surface area contributed by atoms with E-state index in [2.05, 4.69) is 191 Å². The molecule has 3 heteroatoms.